The lowest BCUT2D eigenvalue weighted by Gasteiger charge is -2.22. The Kier molecular flexibility index (Phi) is 4.48. The third-order valence-corrected chi connectivity index (χ3v) is 7.09. The fourth-order valence-corrected chi connectivity index (χ4v) is 4.98. The summed E-state index contributed by atoms with van der Waals surface area (Å²) in [6, 6.07) is 18.0. The summed E-state index contributed by atoms with van der Waals surface area (Å²) in [4.78, 5) is 19.4. The first-order valence-electron chi connectivity index (χ1n) is 11.3. The Morgan fingerprint density at radius 2 is 1.97 bits per heavy atom. The van der Waals surface area contributed by atoms with E-state index >= 15 is 0 Å². The van der Waals surface area contributed by atoms with Crippen molar-refractivity contribution < 1.29 is 9.90 Å². The lowest BCUT2D eigenvalue weighted by atomic mass is 9.90. The van der Waals surface area contributed by atoms with Gasteiger partial charge in [0.15, 0.2) is 5.82 Å². The number of imidazole rings is 1. The Balaban J connectivity index is 1.43. The molecule has 4 aromatic rings. The Labute approximate surface area is 197 Å². The summed E-state index contributed by atoms with van der Waals surface area (Å²) in [5, 5.41) is 18.8. The minimum Gasteiger partial charge on any atom is -0.395 e. The zero-order valence-corrected chi connectivity index (χ0v) is 18.8. The first-order chi connectivity index (χ1) is 16.5. The Morgan fingerprint density at radius 1 is 1.15 bits per heavy atom. The van der Waals surface area contributed by atoms with E-state index in [9.17, 15) is 9.90 Å². The Hall–Kier alpha value is -4.15. The molecule has 1 amide bonds. The molecule has 2 aromatic heterocycles. The number of aliphatic hydroxyl groups is 1. The second-order valence-corrected chi connectivity index (χ2v) is 9.29. The van der Waals surface area contributed by atoms with E-state index < -0.39 is 5.41 Å². The molecule has 7 heteroatoms. The molecule has 1 unspecified atom stereocenters. The van der Waals surface area contributed by atoms with E-state index in [0.29, 0.717) is 25.1 Å². The van der Waals surface area contributed by atoms with Crippen LogP contribution < -0.4 is 4.90 Å². The van der Waals surface area contributed by atoms with E-state index in [-0.39, 0.29) is 12.5 Å². The number of hydrogen-bond acceptors (Lipinski definition) is 4. The summed E-state index contributed by atoms with van der Waals surface area (Å²) >= 11 is 0. The van der Waals surface area contributed by atoms with Crippen LogP contribution in [0.5, 0.6) is 0 Å². The van der Waals surface area contributed by atoms with Crippen molar-refractivity contribution in [3.63, 3.8) is 0 Å². The molecule has 2 aromatic carbocycles. The molecule has 2 aliphatic heterocycles. The van der Waals surface area contributed by atoms with Crippen LogP contribution in [0.1, 0.15) is 24.5 Å². The number of aromatic nitrogens is 3. The number of aliphatic hydroxyl groups excluding tert-OH is 1. The SMILES string of the molecule is CC1(CO)CCN(c2ccc3c(c2)Cn2cc(-c4ccc(C#N)cc4)cc2-c2nccn2-3)C1=O. The molecule has 0 bridgehead atoms. The lowest BCUT2D eigenvalue weighted by molar-refractivity contribution is -0.126. The molecule has 1 saturated heterocycles. The average molecular weight is 450 g/mol. The van der Waals surface area contributed by atoms with Crippen LogP contribution in [0.25, 0.3) is 28.3 Å². The second kappa shape index (κ2) is 7.44. The highest BCUT2D eigenvalue weighted by atomic mass is 16.3. The molecule has 0 spiro atoms. The van der Waals surface area contributed by atoms with Crippen molar-refractivity contribution in [3.05, 3.63) is 78.2 Å². The van der Waals surface area contributed by atoms with Gasteiger partial charge in [-0.25, -0.2) is 4.98 Å². The standard InChI is InChI=1S/C27H23N5O2/c1-27(17-33)8-10-31(26(27)34)22-6-7-23-21(12-22)16-30-15-20(19-4-2-18(14-28)3-5-19)13-24(30)25-29-9-11-32(23)25/h2-7,9,11-13,15,33H,8,10,16-17H2,1H3. The predicted molar refractivity (Wildman–Crippen MR) is 128 cm³/mol. The van der Waals surface area contributed by atoms with E-state index in [1.165, 1.54) is 0 Å². The predicted octanol–water partition coefficient (Wildman–Crippen LogP) is 3.98. The van der Waals surface area contributed by atoms with E-state index in [0.717, 1.165) is 39.6 Å². The summed E-state index contributed by atoms with van der Waals surface area (Å²) in [6.45, 7) is 2.92. The van der Waals surface area contributed by atoms with Gasteiger partial charge in [-0.05, 0) is 60.9 Å². The maximum absolute atomic E-state index is 13.0. The molecule has 1 atom stereocenters. The summed E-state index contributed by atoms with van der Waals surface area (Å²) in [7, 11) is 0. The van der Waals surface area contributed by atoms with Gasteiger partial charge in [-0.1, -0.05) is 12.1 Å². The highest BCUT2D eigenvalue weighted by molar-refractivity contribution is 6.00. The maximum Gasteiger partial charge on any atom is 0.235 e. The topological polar surface area (TPSA) is 87.1 Å². The first kappa shape index (κ1) is 20.5. The third kappa shape index (κ3) is 3.00. The first-order valence-corrected chi connectivity index (χ1v) is 11.3. The molecular formula is C27H23N5O2. The van der Waals surface area contributed by atoms with E-state index in [1.807, 2.05) is 49.5 Å². The molecule has 1 fully saturated rings. The molecule has 6 rings (SSSR count). The lowest BCUT2D eigenvalue weighted by Crippen LogP contribution is -2.35. The van der Waals surface area contributed by atoms with Gasteiger partial charge >= 0.3 is 0 Å². The average Bonchev–Trinajstić information content (AvgIpc) is 3.56. The molecule has 0 aliphatic carbocycles. The van der Waals surface area contributed by atoms with Gasteiger partial charge in [-0.3, -0.25) is 9.36 Å². The molecule has 0 saturated carbocycles. The fraction of sp³-hybridized carbons (Fsp3) is 0.222. The number of amides is 1. The van der Waals surface area contributed by atoms with E-state index in [2.05, 4.69) is 38.5 Å². The zero-order chi connectivity index (χ0) is 23.4. The summed E-state index contributed by atoms with van der Waals surface area (Å²) in [5.74, 6) is 0.827. The number of rotatable bonds is 3. The van der Waals surface area contributed by atoms with Gasteiger partial charge in [-0.15, -0.1) is 0 Å². The molecule has 0 radical (unpaired) electrons. The largest absolute Gasteiger partial charge is 0.395 e. The van der Waals surface area contributed by atoms with Crippen molar-refractivity contribution >= 4 is 11.6 Å². The Morgan fingerprint density at radius 3 is 2.71 bits per heavy atom. The normalized spacial score (nSPS) is 18.7. The zero-order valence-electron chi connectivity index (χ0n) is 18.8. The van der Waals surface area contributed by atoms with Crippen molar-refractivity contribution in [2.24, 2.45) is 5.41 Å². The van der Waals surface area contributed by atoms with Crippen molar-refractivity contribution in [1.29, 1.82) is 5.26 Å². The number of nitrogens with zero attached hydrogens (tertiary/aromatic N) is 5. The molecule has 7 nitrogen and oxygen atoms in total. The van der Waals surface area contributed by atoms with Gasteiger partial charge in [0.05, 0.1) is 35.0 Å². The molecule has 168 valence electrons. The van der Waals surface area contributed by atoms with Gasteiger partial charge in [0.1, 0.15) is 0 Å². The van der Waals surface area contributed by atoms with Crippen LogP contribution in [-0.2, 0) is 11.3 Å². The van der Waals surface area contributed by atoms with Crippen LogP contribution in [0.2, 0.25) is 0 Å². The van der Waals surface area contributed by atoms with Crippen LogP contribution in [0, 0.1) is 16.7 Å². The highest BCUT2D eigenvalue weighted by Crippen LogP contribution is 2.38. The number of hydrogen-bond donors (Lipinski definition) is 1. The molecule has 34 heavy (non-hydrogen) atoms. The minimum absolute atomic E-state index is 0.0309. The van der Waals surface area contributed by atoms with Gasteiger partial charge in [-0.2, -0.15) is 5.26 Å². The molecule has 2 aliphatic rings. The van der Waals surface area contributed by atoms with Crippen LogP contribution >= 0.6 is 0 Å². The summed E-state index contributed by atoms with van der Waals surface area (Å²) in [5.41, 5.74) is 6.00. The number of carbonyl (C=O) groups is 1. The molecule has 1 N–H and O–H groups in total. The van der Waals surface area contributed by atoms with Crippen molar-refractivity contribution in [1.82, 2.24) is 14.1 Å². The van der Waals surface area contributed by atoms with E-state index in [4.69, 9.17) is 5.26 Å². The molecular weight excluding hydrogens is 426 g/mol. The monoisotopic (exact) mass is 449 g/mol. The molecule has 4 heterocycles. The summed E-state index contributed by atoms with van der Waals surface area (Å²) in [6.07, 6.45) is 6.51. The smallest absolute Gasteiger partial charge is 0.235 e. The Bertz CT molecular complexity index is 1470. The van der Waals surface area contributed by atoms with Crippen LogP contribution in [0.3, 0.4) is 0 Å². The minimum atomic E-state index is -0.714. The quantitative estimate of drug-likeness (QED) is 0.451. The number of fused-ring (bicyclic) bond motifs is 5. The van der Waals surface area contributed by atoms with Crippen LogP contribution in [0.4, 0.5) is 5.69 Å². The maximum atomic E-state index is 13.0. The second-order valence-electron chi connectivity index (χ2n) is 9.29. The highest BCUT2D eigenvalue weighted by Gasteiger charge is 2.43. The van der Waals surface area contributed by atoms with Crippen LogP contribution in [0.15, 0.2) is 67.1 Å². The van der Waals surface area contributed by atoms with Crippen LogP contribution in [-0.4, -0.2) is 38.3 Å². The van der Waals surface area contributed by atoms with Crippen molar-refractivity contribution in [2.75, 3.05) is 18.1 Å². The third-order valence-electron chi connectivity index (χ3n) is 7.09. The van der Waals surface area contributed by atoms with Gasteiger partial charge in [0.25, 0.3) is 0 Å². The van der Waals surface area contributed by atoms with Gasteiger partial charge < -0.3 is 14.6 Å². The van der Waals surface area contributed by atoms with E-state index in [1.54, 1.807) is 11.1 Å². The summed E-state index contributed by atoms with van der Waals surface area (Å²) < 4.78 is 4.27. The fourth-order valence-electron chi connectivity index (χ4n) is 4.98. The number of nitriles is 1. The van der Waals surface area contributed by atoms with Crippen molar-refractivity contribution in [3.8, 4) is 34.4 Å². The number of carbonyl (C=O) groups excluding carboxylic acids is 1. The number of benzene rings is 2. The van der Waals surface area contributed by atoms with Gasteiger partial charge in [0, 0.05) is 42.9 Å². The van der Waals surface area contributed by atoms with Crippen molar-refractivity contribution in [2.45, 2.75) is 19.9 Å². The number of anilines is 1. The van der Waals surface area contributed by atoms with Gasteiger partial charge in [0.2, 0.25) is 5.91 Å².